The molecule has 7 heavy (non-hydrogen) atoms. The molecule has 0 aliphatic rings. The summed E-state index contributed by atoms with van der Waals surface area (Å²) in [6.45, 7) is 3.28. The SMILES string of the molecule is CC(C)C(=O)O.[H-].[Li+]. The van der Waals surface area contributed by atoms with Gasteiger partial charge in [-0.25, -0.2) is 0 Å². The number of carbonyl (C=O) groups is 1. The molecule has 0 spiro atoms. The summed E-state index contributed by atoms with van der Waals surface area (Å²) < 4.78 is 0. The van der Waals surface area contributed by atoms with Gasteiger partial charge in [0.1, 0.15) is 0 Å². The van der Waals surface area contributed by atoms with Gasteiger partial charge in [0.2, 0.25) is 0 Å². The van der Waals surface area contributed by atoms with E-state index in [0.29, 0.717) is 0 Å². The van der Waals surface area contributed by atoms with Crippen molar-refractivity contribution in [3.63, 3.8) is 0 Å². The molecule has 0 radical (unpaired) electrons. The maximum absolute atomic E-state index is 9.70. The first-order valence-electron chi connectivity index (χ1n) is 1.87. The van der Waals surface area contributed by atoms with Gasteiger partial charge in [-0.1, -0.05) is 13.8 Å². The minimum atomic E-state index is -0.741. The molecular formula is C4H9LiO2. The van der Waals surface area contributed by atoms with Gasteiger partial charge in [-0.15, -0.1) is 0 Å². The second kappa shape index (κ2) is 4.23. The smallest absolute Gasteiger partial charge is 1.00 e. The monoisotopic (exact) mass is 96.1 g/mol. The Morgan fingerprint density at radius 1 is 1.71 bits per heavy atom. The van der Waals surface area contributed by atoms with Crippen molar-refractivity contribution >= 4 is 5.97 Å². The van der Waals surface area contributed by atoms with E-state index in [4.69, 9.17) is 5.11 Å². The second-order valence-corrected chi connectivity index (χ2v) is 1.49. The third kappa shape index (κ3) is 6.07. The maximum atomic E-state index is 9.70. The predicted octanol–water partition coefficient (Wildman–Crippen LogP) is -2.16. The fourth-order valence-electron chi connectivity index (χ4n) is 0. The van der Waals surface area contributed by atoms with Crippen LogP contribution in [0.25, 0.3) is 0 Å². The summed E-state index contributed by atoms with van der Waals surface area (Å²) in [4.78, 5) is 9.70. The molecule has 0 fully saturated rings. The molecule has 0 atom stereocenters. The van der Waals surface area contributed by atoms with Gasteiger partial charge in [0.25, 0.3) is 0 Å². The van der Waals surface area contributed by atoms with E-state index in [0.717, 1.165) is 0 Å². The Labute approximate surface area is 56.6 Å². The molecule has 2 nitrogen and oxygen atoms in total. The van der Waals surface area contributed by atoms with Gasteiger partial charge in [-0.3, -0.25) is 4.79 Å². The van der Waals surface area contributed by atoms with E-state index in [1.807, 2.05) is 0 Å². The first kappa shape index (κ1) is 10.1. The molecule has 0 aromatic carbocycles. The van der Waals surface area contributed by atoms with Crippen LogP contribution in [0.15, 0.2) is 0 Å². The Morgan fingerprint density at radius 2 is 1.86 bits per heavy atom. The Balaban J connectivity index is -0.000000125. The van der Waals surface area contributed by atoms with Gasteiger partial charge >= 0.3 is 24.8 Å². The van der Waals surface area contributed by atoms with Gasteiger partial charge < -0.3 is 6.53 Å². The molecule has 0 amide bonds. The molecule has 0 aromatic rings. The zero-order valence-corrected chi connectivity index (χ0v) is 4.93. The average molecular weight is 96.1 g/mol. The Kier molecular flexibility index (Phi) is 6.13. The minimum Gasteiger partial charge on any atom is -1.00 e. The molecular weight excluding hydrogens is 87.0 g/mol. The van der Waals surface area contributed by atoms with Crippen molar-refractivity contribution in [1.29, 1.82) is 0 Å². The van der Waals surface area contributed by atoms with Crippen molar-refractivity contribution in [2.24, 2.45) is 5.92 Å². The number of rotatable bonds is 1. The first-order valence-corrected chi connectivity index (χ1v) is 1.87. The Bertz CT molecular complexity index is 65.1. The molecule has 0 heterocycles. The fourth-order valence-corrected chi connectivity index (χ4v) is 0. The van der Waals surface area contributed by atoms with Crippen molar-refractivity contribution in [3.05, 3.63) is 0 Å². The van der Waals surface area contributed by atoms with Gasteiger partial charge in [-0.05, 0) is 0 Å². The van der Waals surface area contributed by atoms with Crippen molar-refractivity contribution in [1.82, 2.24) is 0 Å². The van der Waals surface area contributed by atoms with Crippen molar-refractivity contribution in [2.75, 3.05) is 0 Å². The summed E-state index contributed by atoms with van der Waals surface area (Å²) in [6.07, 6.45) is 0. The van der Waals surface area contributed by atoms with E-state index < -0.39 is 5.97 Å². The molecule has 0 aliphatic heterocycles. The summed E-state index contributed by atoms with van der Waals surface area (Å²) >= 11 is 0. The molecule has 0 rings (SSSR count). The fraction of sp³-hybridized carbons (Fsp3) is 0.750. The molecule has 0 aromatic heterocycles. The normalized spacial score (nSPS) is 7.86. The van der Waals surface area contributed by atoms with Gasteiger partial charge in [0.05, 0.1) is 5.92 Å². The number of aliphatic carboxylic acids is 1. The Morgan fingerprint density at radius 3 is 1.86 bits per heavy atom. The summed E-state index contributed by atoms with van der Waals surface area (Å²) in [5.74, 6) is -0.972. The summed E-state index contributed by atoms with van der Waals surface area (Å²) in [5, 5.41) is 7.99. The van der Waals surface area contributed by atoms with E-state index in [2.05, 4.69) is 0 Å². The minimum absolute atomic E-state index is 0. The van der Waals surface area contributed by atoms with Crippen LogP contribution in [0.5, 0.6) is 0 Å². The molecule has 1 N–H and O–H groups in total. The Hall–Kier alpha value is 0.0674. The van der Waals surface area contributed by atoms with Crippen LogP contribution in [0.4, 0.5) is 0 Å². The van der Waals surface area contributed by atoms with Crippen LogP contribution >= 0.6 is 0 Å². The average Bonchev–Trinajstić information content (AvgIpc) is 1.36. The maximum Gasteiger partial charge on any atom is 1.00 e. The van der Waals surface area contributed by atoms with Crippen LogP contribution < -0.4 is 18.9 Å². The van der Waals surface area contributed by atoms with Crippen LogP contribution in [0, 0.1) is 5.92 Å². The van der Waals surface area contributed by atoms with Crippen molar-refractivity contribution in [2.45, 2.75) is 13.8 Å². The van der Waals surface area contributed by atoms with Crippen molar-refractivity contribution < 1.29 is 30.2 Å². The topological polar surface area (TPSA) is 37.3 Å². The number of hydrogen-bond donors (Lipinski definition) is 1. The van der Waals surface area contributed by atoms with Crippen LogP contribution in [0.1, 0.15) is 15.3 Å². The van der Waals surface area contributed by atoms with Gasteiger partial charge in [-0.2, -0.15) is 0 Å². The molecule has 0 saturated heterocycles. The van der Waals surface area contributed by atoms with E-state index in [1.54, 1.807) is 13.8 Å². The van der Waals surface area contributed by atoms with E-state index in [9.17, 15) is 4.79 Å². The van der Waals surface area contributed by atoms with E-state index >= 15 is 0 Å². The number of carboxylic acids is 1. The third-order valence-electron chi connectivity index (χ3n) is 0.494. The first-order chi connectivity index (χ1) is 2.64. The number of hydrogen-bond acceptors (Lipinski definition) is 1. The standard InChI is InChI=1S/C4H8O2.Li.H/c1-3(2)4(5)6;;/h3H,1-2H3,(H,5,6);;/q;+1;-1. The number of carboxylic acid groups (broad SMARTS) is 1. The molecule has 38 valence electrons. The van der Waals surface area contributed by atoms with Crippen LogP contribution in [0.2, 0.25) is 0 Å². The van der Waals surface area contributed by atoms with Gasteiger partial charge in [0, 0.05) is 0 Å². The molecule has 0 saturated carbocycles. The van der Waals surface area contributed by atoms with Crippen LogP contribution in [0.3, 0.4) is 0 Å². The summed E-state index contributed by atoms with van der Waals surface area (Å²) in [7, 11) is 0. The summed E-state index contributed by atoms with van der Waals surface area (Å²) in [6, 6.07) is 0. The largest absolute Gasteiger partial charge is 1.00 e. The van der Waals surface area contributed by atoms with E-state index in [-0.39, 0.29) is 26.2 Å². The van der Waals surface area contributed by atoms with Crippen LogP contribution in [-0.4, -0.2) is 11.1 Å². The molecule has 0 unspecified atom stereocenters. The zero-order valence-electron chi connectivity index (χ0n) is 5.93. The molecule has 3 heteroatoms. The molecule has 0 aliphatic carbocycles. The van der Waals surface area contributed by atoms with Crippen molar-refractivity contribution in [3.8, 4) is 0 Å². The predicted molar refractivity (Wildman–Crippen MR) is 23.6 cm³/mol. The quantitative estimate of drug-likeness (QED) is 0.378. The summed E-state index contributed by atoms with van der Waals surface area (Å²) in [5.41, 5.74) is 0. The third-order valence-corrected chi connectivity index (χ3v) is 0.494. The van der Waals surface area contributed by atoms with Gasteiger partial charge in [0.15, 0.2) is 0 Å². The van der Waals surface area contributed by atoms with E-state index in [1.165, 1.54) is 0 Å². The van der Waals surface area contributed by atoms with Crippen LogP contribution in [-0.2, 0) is 4.79 Å². The second-order valence-electron chi connectivity index (χ2n) is 1.49. The zero-order chi connectivity index (χ0) is 5.15. The molecule has 0 bridgehead atoms.